The number of nitrogens with one attached hydrogen (secondary N) is 2. The maximum atomic E-state index is 13.0. The molecule has 0 unspecified atom stereocenters. The number of rotatable bonds is 11. The Hall–Kier alpha value is -3.55. The van der Waals surface area contributed by atoms with E-state index < -0.39 is 24.0 Å². The predicted octanol–water partition coefficient (Wildman–Crippen LogP) is 5.43. The third kappa shape index (κ3) is 9.12. The molecule has 0 aromatic heterocycles. The molecule has 0 radical (unpaired) electrons. The Morgan fingerprint density at radius 3 is 2.38 bits per heavy atom. The fraction of sp³-hybridized carbons (Fsp3) is 0.250. The van der Waals surface area contributed by atoms with Crippen molar-refractivity contribution in [1.29, 1.82) is 0 Å². The zero-order valence-corrected chi connectivity index (χ0v) is 22.3. The van der Waals surface area contributed by atoms with Crippen LogP contribution in [0.15, 0.2) is 77.9 Å². The minimum atomic E-state index is -0.919. The van der Waals surface area contributed by atoms with Gasteiger partial charge in [-0.05, 0) is 62.2 Å². The summed E-state index contributed by atoms with van der Waals surface area (Å²) in [6, 6.07) is 20.5. The van der Waals surface area contributed by atoms with Gasteiger partial charge in [-0.15, -0.1) is 0 Å². The third-order valence-electron chi connectivity index (χ3n) is 5.10. The van der Waals surface area contributed by atoms with Crippen LogP contribution in [0.4, 0.5) is 0 Å². The second-order valence-electron chi connectivity index (χ2n) is 8.56. The van der Waals surface area contributed by atoms with Crippen LogP contribution in [0.5, 0.6) is 11.5 Å². The minimum Gasteiger partial charge on any atom is -0.491 e. The molecule has 0 aliphatic carbocycles. The van der Waals surface area contributed by atoms with Crippen LogP contribution in [0.3, 0.4) is 0 Å². The van der Waals surface area contributed by atoms with Crippen LogP contribution in [0.2, 0.25) is 10.0 Å². The molecule has 2 amide bonds. The summed E-state index contributed by atoms with van der Waals surface area (Å²) in [7, 11) is 0. The van der Waals surface area contributed by atoms with E-state index in [0.717, 1.165) is 11.1 Å². The van der Waals surface area contributed by atoms with E-state index in [2.05, 4.69) is 15.8 Å². The Bertz CT molecular complexity index is 1240. The van der Waals surface area contributed by atoms with Crippen molar-refractivity contribution < 1.29 is 19.1 Å². The number of hydrogen-bond donors (Lipinski definition) is 2. The number of halogens is 2. The molecule has 2 N–H and O–H groups in total. The molecular formula is C28H29Cl2N3O4. The maximum absolute atomic E-state index is 13.0. The molecule has 9 heteroatoms. The first kappa shape index (κ1) is 28.0. The van der Waals surface area contributed by atoms with E-state index in [-0.39, 0.29) is 17.5 Å². The van der Waals surface area contributed by atoms with Crippen molar-refractivity contribution in [1.82, 2.24) is 10.7 Å². The lowest BCUT2D eigenvalue weighted by Crippen LogP contribution is -2.50. The van der Waals surface area contributed by atoms with Gasteiger partial charge in [0.2, 0.25) is 0 Å². The fourth-order valence-corrected chi connectivity index (χ4v) is 3.80. The maximum Gasteiger partial charge on any atom is 0.262 e. The van der Waals surface area contributed by atoms with Gasteiger partial charge in [-0.25, -0.2) is 5.43 Å². The summed E-state index contributed by atoms with van der Waals surface area (Å²) in [6.45, 7) is 5.46. The first-order valence-electron chi connectivity index (χ1n) is 11.8. The molecule has 3 aromatic carbocycles. The van der Waals surface area contributed by atoms with Gasteiger partial charge in [-0.1, -0.05) is 65.7 Å². The van der Waals surface area contributed by atoms with Crippen LogP contribution < -0.4 is 20.2 Å². The van der Waals surface area contributed by atoms with Crippen LogP contribution in [0.1, 0.15) is 31.9 Å². The summed E-state index contributed by atoms with van der Waals surface area (Å²) in [6.07, 6.45) is 0.897. The molecule has 0 aliphatic heterocycles. The standard InChI is InChI=1S/C28H29Cl2N3O4/c1-18(2)36-23-11-7-10-21(14-23)17-31-33-28(35)25(15-20-8-5-4-6-9-20)32-27(34)19(3)37-26-13-12-22(29)16-24(26)30/h4-14,16-19,25H,15H2,1-3H3,(H,32,34)(H,33,35)/b31-17-/t19-,25+/m0/s1. The summed E-state index contributed by atoms with van der Waals surface area (Å²) in [4.78, 5) is 25.9. The van der Waals surface area contributed by atoms with Crippen molar-refractivity contribution >= 4 is 41.2 Å². The van der Waals surface area contributed by atoms with Gasteiger partial charge in [0.15, 0.2) is 6.10 Å². The molecule has 0 heterocycles. The highest BCUT2D eigenvalue weighted by Gasteiger charge is 2.25. The topological polar surface area (TPSA) is 89.0 Å². The van der Waals surface area contributed by atoms with Gasteiger partial charge >= 0.3 is 0 Å². The van der Waals surface area contributed by atoms with Crippen molar-refractivity contribution in [2.24, 2.45) is 5.10 Å². The van der Waals surface area contributed by atoms with E-state index in [1.165, 1.54) is 12.3 Å². The van der Waals surface area contributed by atoms with E-state index in [1.54, 1.807) is 19.1 Å². The van der Waals surface area contributed by atoms with E-state index >= 15 is 0 Å². The lowest BCUT2D eigenvalue weighted by Gasteiger charge is -2.21. The highest BCUT2D eigenvalue weighted by Crippen LogP contribution is 2.28. The smallest absolute Gasteiger partial charge is 0.262 e. The Kier molecular flexibility index (Phi) is 10.4. The monoisotopic (exact) mass is 541 g/mol. The van der Waals surface area contributed by atoms with Crippen molar-refractivity contribution in [2.45, 2.75) is 45.4 Å². The molecule has 0 saturated heterocycles. The highest BCUT2D eigenvalue weighted by atomic mass is 35.5. The largest absolute Gasteiger partial charge is 0.491 e. The molecule has 37 heavy (non-hydrogen) atoms. The number of benzene rings is 3. The second-order valence-corrected chi connectivity index (χ2v) is 9.40. The summed E-state index contributed by atoms with van der Waals surface area (Å²) in [5.41, 5.74) is 4.15. The van der Waals surface area contributed by atoms with Gasteiger partial charge in [0.25, 0.3) is 11.8 Å². The van der Waals surface area contributed by atoms with Crippen LogP contribution in [0.25, 0.3) is 0 Å². The first-order chi connectivity index (χ1) is 17.7. The first-order valence-corrected chi connectivity index (χ1v) is 12.5. The lowest BCUT2D eigenvalue weighted by atomic mass is 10.1. The third-order valence-corrected chi connectivity index (χ3v) is 5.63. The lowest BCUT2D eigenvalue weighted by molar-refractivity contribution is -0.132. The van der Waals surface area contributed by atoms with Crippen LogP contribution in [-0.2, 0) is 16.0 Å². The average molecular weight is 542 g/mol. The zero-order valence-electron chi connectivity index (χ0n) is 20.8. The molecule has 0 spiro atoms. The van der Waals surface area contributed by atoms with Gasteiger partial charge in [0.1, 0.15) is 17.5 Å². The molecule has 7 nitrogen and oxygen atoms in total. The zero-order chi connectivity index (χ0) is 26.8. The number of hydrazone groups is 1. The fourth-order valence-electron chi connectivity index (χ4n) is 3.35. The second kappa shape index (κ2) is 13.7. The molecule has 0 saturated carbocycles. The molecular weight excluding hydrogens is 513 g/mol. The summed E-state index contributed by atoms with van der Waals surface area (Å²) in [5, 5.41) is 7.56. The highest BCUT2D eigenvalue weighted by molar-refractivity contribution is 6.35. The Balaban J connectivity index is 1.68. The van der Waals surface area contributed by atoms with Gasteiger partial charge in [-0.3, -0.25) is 9.59 Å². The minimum absolute atomic E-state index is 0.0383. The van der Waals surface area contributed by atoms with E-state index in [9.17, 15) is 9.59 Å². The van der Waals surface area contributed by atoms with Crippen LogP contribution >= 0.6 is 23.2 Å². The van der Waals surface area contributed by atoms with E-state index in [1.807, 2.05) is 68.4 Å². The van der Waals surface area contributed by atoms with E-state index in [0.29, 0.717) is 16.5 Å². The molecule has 2 atom stereocenters. The SMILES string of the molecule is CC(C)Oc1cccc(/C=N\NC(=O)[C@@H](Cc2ccccc2)NC(=O)[C@H](C)Oc2ccc(Cl)cc2Cl)c1. The predicted molar refractivity (Wildman–Crippen MR) is 147 cm³/mol. The summed E-state index contributed by atoms with van der Waals surface area (Å²) < 4.78 is 11.4. The Morgan fingerprint density at radius 2 is 1.68 bits per heavy atom. The van der Waals surface area contributed by atoms with Gasteiger partial charge in [-0.2, -0.15) is 5.10 Å². The molecule has 194 valence electrons. The van der Waals surface area contributed by atoms with Gasteiger partial charge < -0.3 is 14.8 Å². The summed E-state index contributed by atoms with van der Waals surface area (Å²) >= 11 is 12.1. The Morgan fingerprint density at radius 1 is 0.919 bits per heavy atom. The van der Waals surface area contributed by atoms with Crippen LogP contribution in [0, 0.1) is 0 Å². The molecule has 3 aromatic rings. The number of nitrogens with zero attached hydrogens (tertiary/aromatic N) is 1. The van der Waals surface area contributed by atoms with Gasteiger partial charge in [0.05, 0.1) is 17.3 Å². The van der Waals surface area contributed by atoms with Crippen molar-refractivity contribution in [3.8, 4) is 11.5 Å². The number of hydrogen-bond acceptors (Lipinski definition) is 5. The summed E-state index contributed by atoms with van der Waals surface area (Å²) in [5.74, 6) is 0.0599. The quantitative estimate of drug-likeness (QED) is 0.250. The number of amides is 2. The number of carbonyl (C=O) groups excluding carboxylic acids is 2. The molecule has 0 aliphatic rings. The van der Waals surface area contributed by atoms with Gasteiger partial charge in [0, 0.05) is 11.4 Å². The Labute approximate surface area is 226 Å². The molecule has 0 fully saturated rings. The normalized spacial score (nSPS) is 12.7. The van der Waals surface area contributed by atoms with Crippen molar-refractivity contribution in [2.75, 3.05) is 0 Å². The average Bonchev–Trinajstić information content (AvgIpc) is 2.85. The van der Waals surface area contributed by atoms with E-state index in [4.69, 9.17) is 32.7 Å². The molecule has 0 bridgehead atoms. The van der Waals surface area contributed by atoms with Crippen molar-refractivity contribution in [3.63, 3.8) is 0 Å². The number of ether oxygens (including phenoxy) is 2. The van der Waals surface area contributed by atoms with Crippen LogP contribution in [-0.4, -0.2) is 36.3 Å². The molecule has 3 rings (SSSR count). The van der Waals surface area contributed by atoms with Crippen molar-refractivity contribution in [3.05, 3.63) is 94.0 Å². The number of carbonyl (C=O) groups is 2.